The maximum Gasteiger partial charge on any atom is 0.127 e. The molecule has 2 aromatic rings. The van der Waals surface area contributed by atoms with Gasteiger partial charge in [0.05, 0.1) is 25.8 Å². The maximum absolute atomic E-state index is 5.84. The summed E-state index contributed by atoms with van der Waals surface area (Å²) >= 11 is 0. The molecule has 4 nitrogen and oxygen atoms in total. The van der Waals surface area contributed by atoms with E-state index in [0.29, 0.717) is 0 Å². The monoisotopic (exact) mass is 286 g/mol. The summed E-state index contributed by atoms with van der Waals surface area (Å²) in [5, 5.41) is 0. The van der Waals surface area contributed by atoms with Crippen LogP contribution in [0.3, 0.4) is 0 Å². The molecule has 0 saturated heterocycles. The van der Waals surface area contributed by atoms with Crippen LogP contribution in [-0.4, -0.2) is 14.2 Å². The first-order chi connectivity index (χ1) is 10.1. The highest BCUT2D eigenvalue weighted by atomic mass is 16.5. The molecule has 3 N–H and O–H groups in total. The Bertz CT molecular complexity index is 604. The lowest BCUT2D eigenvalue weighted by molar-refractivity contribution is 0.377. The average Bonchev–Trinajstić information content (AvgIpc) is 2.52. The zero-order valence-electron chi connectivity index (χ0n) is 12.9. The number of nitrogens with one attached hydrogen (secondary N) is 1. The van der Waals surface area contributed by atoms with Gasteiger partial charge in [0.1, 0.15) is 11.5 Å². The highest BCUT2D eigenvalue weighted by Gasteiger charge is 2.23. The van der Waals surface area contributed by atoms with Gasteiger partial charge in [0, 0.05) is 0 Å². The Morgan fingerprint density at radius 2 is 1.52 bits per heavy atom. The quantitative estimate of drug-likeness (QED) is 0.655. The van der Waals surface area contributed by atoms with Gasteiger partial charge in [0.25, 0.3) is 0 Å². The molecule has 0 aliphatic rings. The summed E-state index contributed by atoms with van der Waals surface area (Å²) in [5.41, 5.74) is 7.33. The second-order valence-corrected chi connectivity index (χ2v) is 4.97. The van der Waals surface area contributed by atoms with E-state index in [1.54, 1.807) is 14.2 Å². The van der Waals surface area contributed by atoms with Gasteiger partial charge in [-0.1, -0.05) is 24.3 Å². The van der Waals surface area contributed by atoms with Gasteiger partial charge in [-0.15, -0.1) is 0 Å². The summed E-state index contributed by atoms with van der Waals surface area (Å²) in [6.07, 6.45) is 0. The molecule has 0 heterocycles. The van der Waals surface area contributed by atoms with Gasteiger partial charge in [-0.3, -0.25) is 5.84 Å². The van der Waals surface area contributed by atoms with Crippen LogP contribution in [0.15, 0.2) is 36.4 Å². The minimum atomic E-state index is -0.198. The van der Waals surface area contributed by atoms with Crippen molar-refractivity contribution in [1.82, 2.24) is 5.43 Å². The third kappa shape index (κ3) is 2.86. The third-order valence-corrected chi connectivity index (χ3v) is 3.88. The van der Waals surface area contributed by atoms with Crippen LogP contribution in [0.2, 0.25) is 0 Å². The van der Waals surface area contributed by atoms with E-state index < -0.39 is 0 Å². The van der Waals surface area contributed by atoms with E-state index in [4.69, 9.17) is 15.3 Å². The van der Waals surface area contributed by atoms with E-state index in [0.717, 1.165) is 22.6 Å². The minimum Gasteiger partial charge on any atom is -0.496 e. The number of rotatable bonds is 5. The zero-order chi connectivity index (χ0) is 15.4. The number of nitrogens with two attached hydrogens (primary N) is 1. The molecule has 4 heteroatoms. The first kappa shape index (κ1) is 15.4. The van der Waals surface area contributed by atoms with E-state index in [1.807, 2.05) is 24.3 Å². The predicted octanol–water partition coefficient (Wildman–Crippen LogP) is 2.87. The summed E-state index contributed by atoms with van der Waals surface area (Å²) in [6, 6.07) is 11.7. The van der Waals surface area contributed by atoms with Crippen molar-refractivity contribution in [2.45, 2.75) is 19.9 Å². The molecule has 21 heavy (non-hydrogen) atoms. The molecule has 2 aromatic carbocycles. The Hall–Kier alpha value is -2.04. The summed E-state index contributed by atoms with van der Waals surface area (Å²) in [5.74, 6) is 7.34. The van der Waals surface area contributed by atoms with E-state index >= 15 is 0 Å². The van der Waals surface area contributed by atoms with Gasteiger partial charge < -0.3 is 9.47 Å². The summed E-state index contributed by atoms with van der Waals surface area (Å²) in [4.78, 5) is 0. The smallest absolute Gasteiger partial charge is 0.127 e. The van der Waals surface area contributed by atoms with Crippen LogP contribution in [0.1, 0.15) is 28.3 Å². The molecule has 0 aromatic heterocycles. The molecular weight excluding hydrogens is 264 g/mol. The Balaban J connectivity index is 2.64. The van der Waals surface area contributed by atoms with Crippen LogP contribution in [0.4, 0.5) is 0 Å². The molecule has 2 rings (SSSR count). The molecule has 0 fully saturated rings. The predicted molar refractivity (Wildman–Crippen MR) is 84.6 cm³/mol. The maximum atomic E-state index is 5.84. The molecule has 0 amide bonds. The number of hydrazine groups is 1. The molecule has 0 aliphatic heterocycles. The number of methoxy groups -OCH3 is 2. The number of hydrogen-bond donors (Lipinski definition) is 2. The number of aryl methyl sites for hydroxylation is 1. The van der Waals surface area contributed by atoms with Crippen molar-refractivity contribution in [3.63, 3.8) is 0 Å². The first-order valence-corrected chi connectivity index (χ1v) is 6.87. The highest BCUT2D eigenvalue weighted by molar-refractivity contribution is 5.52. The molecule has 1 unspecified atom stereocenters. The van der Waals surface area contributed by atoms with Gasteiger partial charge in [0.15, 0.2) is 0 Å². The fourth-order valence-corrected chi connectivity index (χ4v) is 2.58. The lowest BCUT2D eigenvalue weighted by Gasteiger charge is -2.24. The first-order valence-electron chi connectivity index (χ1n) is 6.87. The molecule has 0 aliphatic carbocycles. The molecule has 0 saturated carbocycles. The Labute approximate surface area is 125 Å². The topological polar surface area (TPSA) is 56.5 Å². The lowest BCUT2D eigenvalue weighted by atomic mass is 9.92. The molecule has 112 valence electrons. The van der Waals surface area contributed by atoms with E-state index in [9.17, 15) is 0 Å². The van der Waals surface area contributed by atoms with Crippen molar-refractivity contribution >= 4 is 0 Å². The van der Waals surface area contributed by atoms with E-state index in [1.165, 1.54) is 11.1 Å². The second kappa shape index (κ2) is 6.61. The van der Waals surface area contributed by atoms with Crippen molar-refractivity contribution in [3.8, 4) is 11.5 Å². The van der Waals surface area contributed by atoms with Crippen molar-refractivity contribution in [2.75, 3.05) is 14.2 Å². The average molecular weight is 286 g/mol. The molecule has 0 radical (unpaired) electrons. The molecule has 0 spiro atoms. The van der Waals surface area contributed by atoms with Crippen molar-refractivity contribution < 1.29 is 9.47 Å². The Kier molecular flexibility index (Phi) is 4.83. The minimum absolute atomic E-state index is 0.198. The van der Waals surface area contributed by atoms with Crippen molar-refractivity contribution in [1.29, 1.82) is 0 Å². The zero-order valence-corrected chi connectivity index (χ0v) is 12.9. The standard InChI is InChI=1S/C17H22N2O2/c1-11-7-5-8-13(12(11)2)17(19-18)16-14(20-3)9-6-10-15(16)21-4/h5-10,17,19H,18H2,1-4H3. The van der Waals surface area contributed by atoms with Crippen LogP contribution in [-0.2, 0) is 0 Å². The van der Waals surface area contributed by atoms with Crippen LogP contribution in [0, 0.1) is 13.8 Å². The van der Waals surface area contributed by atoms with E-state index in [2.05, 4.69) is 31.4 Å². The van der Waals surface area contributed by atoms with Crippen LogP contribution in [0.25, 0.3) is 0 Å². The van der Waals surface area contributed by atoms with Gasteiger partial charge in [-0.25, -0.2) is 5.43 Å². The summed E-state index contributed by atoms with van der Waals surface area (Å²) in [7, 11) is 3.30. The number of benzene rings is 2. The normalized spacial score (nSPS) is 12.0. The van der Waals surface area contributed by atoms with Crippen molar-refractivity contribution in [3.05, 3.63) is 58.7 Å². The summed E-state index contributed by atoms with van der Waals surface area (Å²) < 4.78 is 11.0. The largest absolute Gasteiger partial charge is 0.496 e. The van der Waals surface area contributed by atoms with Crippen LogP contribution < -0.4 is 20.7 Å². The second-order valence-electron chi connectivity index (χ2n) is 4.97. The molecule has 1 atom stereocenters. The summed E-state index contributed by atoms with van der Waals surface area (Å²) in [6.45, 7) is 4.18. The van der Waals surface area contributed by atoms with Gasteiger partial charge in [0.2, 0.25) is 0 Å². The number of hydrogen-bond acceptors (Lipinski definition) is 4. The third-order valence-electron chi connectivity index (χ3n) is 3.88. The van der Waals surface area contributed by atoms with Crippen LogP contribution >= 0.6 is 0 Å². The number of ether oxygens (including phenoxy) is 2. The van der Waals surface area contributed by atoms with Gasteiger partial charge in [-0.2, -0.15) is 0 Å². The van der Waals surface area contributed by atoms with Crippen LogP contribution in [0.5, 0.6) is 11.5 Å². The molecular formula is C17H22N2O2. The van der Waals surface area contributed by atoms with Gasteiger partial charge >= 0.3 is 0 Å². The fraction of sp³-hybridized carbons (Fsp3) is 0.294. The van der Waals surface area contributed by atoms with Crippen molar-refractivity contribution in [2.24, 2.45) is 5.84 Å². The highest BCUT2D eigenvalue weighted by Crippen LogP contribution is 2.38. The Morgan fingerprint density at radius 1 is 0.952 bits per heavy atom. The Morgan fingerprint density at radius 3 is 2.05 bits per heavy atom. The SMILES string of the molecule is COc1cccc(OC)c1C(NN)c1cccc(C)c1C. The van der Waals surface area contributed by atoms with Gasteiger partial charge in [-0.05, 0) is 42.7 Å². The lowest BCUT2D eigenvalue weighted by Crippen LogP contribution is -2.30. The fourth-order valence-electron chi connectivity index (χ4n) is 2.58. The van der Waals surface area contributed by atoms with E-state index in [-0.39, 0.29) is 6.04 Å². The molecule has 0 bridgehead atoms.